The Kier molecular flexibility index (Phi) is 5.41. The van der Waals surface area contributed by atoms with Gasteiger partial charge >= 0.3 is 0 Å². The average Bonchev–Trinajstić information content (AvgIpc) is 3.30. The van der Waals surface area contributed by atoms with Crippen LogP contribution in [0.2, 0.25) is 0 Å². The number of rotatable bonds is 5. The van der Waals surface area contributed by atoms with Crippen molar-refractivity contribution in [2.45, 2.75) is 37.1 Å². The van der Waals surface area contributed by atoms with Crippen molar-refractivity contribution in [3.05, 3.63) is 95.1 Å². The number of methoxy groups -OCH3 is 1. The molecule has 1 aliphatic carbocycles. The maximum absolute atomic E-state index is 13.2. The fraction of sp³-hybridized carbons (Fsp3) is 0.259. The fourth-order valence-electron chi connectivity index (χ4n) is 5.04. The van der Waals surface area contributed by atoms with Crippen LogP contribution in [-0.2, 0) is 10.0 Å². The molecule has 0 spiro atoms. The second kappa shape index (κ2) is 8.27. The van der Waals surface area contributed by atoms with Crippen molar-refractivity contribution in [3.63, 3.8) is 0 Å². The molecule has 5 nitrogen and oxygen atoms in total. The zero-order chi connectivity index (χ0) is 23.2. The highest BCUT2D eigenvalue weighted by Crippen LogP contribution is 2.50. The molecule has 5 rings (SSSR count). The molecule has 33 heavy (non-hydrogen) atoms. The molecule has 0 unspecified atom stereocenters. The Hall–Kier alpha value is -3.25. The number of allylic oxidation sites excluding steroid dienone is 2. The monoisotopic (exact) mass is 460 g/mol. The van der Waals surface area contributed by atoms with Gasteiger partial charge in [0.15, 0.2) is 0 Å². The Morgan fingerprint density at radius 2 is 1.88 bits per heavy atom. The normalized spacial score (nSPS) is 21.1. The molecule has 2 N–H and O–H groups in total. The molecule has 1 aliphatic heterocycles. The SMILES string of the molecule is COc1cccc([C@@H]2Nc3ccc(S(=O)(=O)Nc4ccc(C)cc4C)cc3[C@@H]3C=CC[C@@H]32)c1. The van der Waals surface area contributed by atoms with Gasteiger partial charge in [0, 0.05) is 11.6 Å². The van der Waals surface area contributed by atoms with Gasteiger partial charge in [-0.2, -0.15) is 0 Å². The topological polar surface area (TPSA) is 67.4 Å². The lowest BCUT2D eigenvalue weighted by molar-refractivity contribution is 0.406. The minimum atomic E-state index is -3.70. The first-order valence-corrected chi connectivity index (χ1v) is 12.7. The maximum Gasteiger partial charge on any atom is 0.261 e. The van der Waals surface area contributed by atoms with E-state index in [4.69, 9.17) is 4.74 Å². The van der Waals surface area contributed by atoms with Gasteiger partial charge < -0.3 is 10.1 Å². The number of ether oxygens (including phenoxy) is 1. The molecule has 0 bridgehead atoms. The summed E-state index contributed by atoms with van der Waals surface area (Å²) in [5.41, 5.74) is 5.77. The van der Waals surface area contributed by atoms with E-state index >= 15 is 0 Å². The van der Waals surface area contributed by atoms with Crippen LogP contribution in [0.15, 0.2) is 77.7 Å². The summed E-state index contributed by atoms with van der Waals surface area (Å²) in [5.74, 6) is 1.31. The molecule has 0 radical (unpaired) electrons. The Morgan fingerprint density at radius 3 is 2.67 bits per heavy atom. The number of aryl methyl sites for hydroxylation is 2. The second-order valence-electron chi connectivity index (χ2n) is 8.93. The van der Waals surface area contributed by atoms with Gasteiger partial charge in [0.05, 0.1) is 23.7 Å². The van der Waals surface area contributed by atoms with Crippen LogP contribution in [0.4, 0.5) is 11.4 Å². The summed E-state index contributed by atoms with van der Waals surface area (Å²) < 4.78 is 34.6. The largest absolute Gasteiger partial charge is 0.497 e. The highest BCUT2D eigenvalue weighted by atomic mass is 32.2. The van der Waals surface area contributed by atoms with Gasteiger partial charge in [0.1, 0.15) is 5.75 Å². The van der Waals surface area contributed by atoms with E-state index in [1.54, 1.807) is 13.2 Å². The predicted molar refractivity (Wildman–Crippen MR) is 133 cm³/mol. The average molecular weight is 461 g/mol. The van der Waals surface area contributed by atoms with Crippen LogP contribution in [-0.4, -0.2) is 15.5 Å². The molecule has 0 aromatic heterocycles. The summed E-state index contributed by atoms with van der Waals surface area (Å²) >= 11 is 0. The predicted octanol–water partition coefficient (Wildman–Crippen LogP) is 5.94. The summed E-state index contributed by atoms with van der Waals surface area (Å²) in [5, 5.41) is 3.67. The van der Waals surface area contributed by atoms with Crippen molar-refractivity contribution in [1.82, 2.24) is 0 Å². The Labute approximate surface area is 195 Å². The molecule has 6 heteroatoms. The molecular formula is C27H28N2O3S. The van der Waals surface area contributed by atoms with Crippen LogP contribution >= 0.6 is 0 Å². The van der Waals surface area contributed by atoms with E-state index in [2.05, 4.69) is 34.3 Å². The highest BCUT2D eigenvalue weighted by molar-refractivity contribution is 7.92. The van der Waals surface area contributed by atoms with Crippen LogP contribution in [0.5, 0.6) is 5.75 Å². The Morgan fingerprint density at radius 1 is 1.03 bits per heavy atom. The van der Waals surface area contributed by atoms with Crippen molar-refractivity contribution in [2.24, 2.45) is 5.92 Å². The van der Waals surface area contributed by atoms with Crippen molar-refractivity contribution in [3.8, 4) is 5.75 Å². The van der Waals surface area contributed by atoms with Gasteiger partial charge in [-0.3, -0.25) is 4.72 Å². The van der Waals surface area contributed by atoms with E-state index in [-0.39, 0.29) is 16.9 Å². The standard InChI is InChI=1S/C27H28N2O3S/c1-17-10-12-25(18(2)14-17)29-33(30,31)21-11-13-26-24(16-21)22-8-5-9-23(22)27(28-26)19-6-4-7-20(15-19)32-3/h4-8,10-16,22-23,27-29H,9H2,1-3H3/t22-,23+,27+/m1/s1. The third-order valence-electron chi connectivity index (χ3n) is 6.72. The first-order chi connectivity index (χ1) is 15.9. The van der Waals surface area contributed by atoms with Crippen LogP contribution in [0.3, 0.4) is 0 Å². The van der Waals surface area contributed by atoms with Crippen molar-refractivity contribution < 1.29 is 13.2 Å². The first kappa shape index (κ1) is 21.6. The van der Waals surface area contributed by atoms with Crippen LogP contribution in [0, 0.1) is 19.8 Å². The summed E-state index contributed by atoms with van der Waals surface area (Å²) in [6.07, 6.45) is 5.36. The molecule has 0 amide bonds. The number of anilines is 2. The Bertz CT molecular complexity index is 1350. The zero-order valence-electron chi connectivity index (χ0n) is 19.0. The molecule has 3 atom stereocenters. The molecule has 2 aliphatic rings. The highest BCUT2D eigenvalue weighted by Gasteiger charge is 2.38. The number of benzene rings is 3. The van der Waals surface area contributed by atoms with Gasteiger partial charge in [0.25, 0.3) is 10.0 Å². The number of nitrogens with one attached hydrogen (secondary N) is 2. The lowest BCUT2D eigenvalue weighted by atomic mass is 9.77. The van der Waals surface area contributed by atoms with Gasteiger partial charge in [-0.1, -0.05) is 42.0 Å². The quantitative estimate of drug-likeness (QED) is 0.463. The van der Waals surface area contributed by atoms with E-state index in [1.165, 1.54) is 5.56 Å². The minimum absolute atomic E-state index is 0.128. The minimum Gasteiger partial charge on any atom is -0.497 e. The summed E-state index contributed by atoms with van der Waals surface area (Å²) in [4.78, 5) is 0.280. The molecule has 0 saturated heterocycles. The summed E-state index contributed by atoms with van der Waals surface area (Å²) in [6, 6.07) is 19.4. The van der Waals surface area contributed by atoms with Gasteiger partial charge in [-0.15, -0.1) is 0 Å². The number of hydrogen-bond acceptors (Lipinski definition) is 4. The van der Waals surface area contributed by atoms with E-state index in [0.717, 1.165) is 34.5 Å². The van der Waals surface area contributed by atoms with Crippen molar-refractivity contribution >= 4 is 21.4 Å². The lowest BCUT2D eigenvalue weighted by Crippen LogP contribution is -2.29. The van der Waals surface area contributed by atoms with E-state index in [1.807, 2.05) is 56.3 Å². The Balaban J connectivity index is 1.49. The molecule has 170 valence electrons. The molecule has 3 aromatic rings. The molecule has 0 saturated carbocycles. The second-order valence-corrected chi connectivity index (χ2v) is 10.6. The molecular weight excluding hydrogens is 432 g/mol. The van der Waals surface area contributed by atoms with Crippen molar-refractivity contribution in [2.75, 3.05) is 17.1 Å². The van der Waals surface area contributed by atoms with E-state index in [9.17, 15) is 8.42 Å². The number of sulfonamides is 1. The molecule has 0 fully saturated rings. The van der Waals surface area contributed by atoms with Gasteiger partial charge in [-0.05, 0) is 79.3 Å². The maximum atomic E-state index is 13.2. The van der Waals surface area contributed by atoms with Crippen LogP contribution in [0.25, 0.3) is 0 Å². The molecule has 3 aromatic carbocycles. The number of hydrogen-bond donors (Lipinski definition) is 2. The van der Waals surface area contributed by atoms with Crippen LogP contribution < -0.4 is 14.8 Å². The lowest BCUT2D eigenvalue weighted by Gasteiger charge is -2.37. The van der Waals surface area contributed by atoms with E-state index < -0.39 is 10.0 Å². The fourth-order valence-corrected chi connectivity index (χ4v) is 6.20. The smallest absolute Gasteiger partial charge is 0.261 e. The first-order valence-electron chi connectivity index (χ1n) is 11.2. The van der Waals surface area contributed by atoms with Gasteiger partial charge in [-0.25, -0.2) is 8.42 Å². The number of fused-ring (bicyclic) bond motifs is 3. The van der Waals surface area contributed by atoms with Crippen LogP contribution in [0.1, 0.15) is 40.6 Å². The van der Waals surface area contributed by atoms with Gasteiger partial charge in [0.2, 0.25) is 0 Å². The van der Waals surface area contributed by atoms with E-state index in [0.29, 0.717) is 11.6 Å². The summed E-state index contributed by atoms with van der Waals surface area (Å²) in [6.45, 7) is 3.90. The molecule has 1 heterocycles. The zero-order valence-corrected chi connectivity index (χ0v) is 19.8. The third-order valence-corrected chi connectivity index (χ3v) is 8.09. The third kappa shape index (κ3) is 4.00. The summed E-state index contributed by atoms with van der Waals surface area (Å²) in [7, 11) is -2.03. The van der Waals surface area contributed by atoms with Crippen molar-refractivity contribution in [1.29, 1.82) is 0 Å².